The Bertz CT molecular complexity index is 159. The zero-order valence-corrected chi connectivity index (χ0v) is 12.4. The average Bonchev–Trinajstić information content (AvgIpc) is 2.29. The molecule has 0 aromatic rings. The summed E-state index contributed by atoms with van der Waals surface area (Å²) >= 11 is 0. The fourth-order valence-corrected chi connectivity index (χ4v) is 1.84. The zero-order valence-electron chi connectivity index (χ0n) is 10.4. The van der Waals surface area contributed by atoms with Gasteiger partial charge >= 0.3 is 0 Å². The molecule has 0 amide bonds. The second-order valence-electron chi connectivity index (χ2n) is 3.46. The molecule has 0 aliphatic rings. The molecule has 0 aliphatic carbocycles. The van der Waals surface area contributed by atoms with E-state index >= 15 is 0 Å². The third-order valence-electron chi connectivity index (χ3n) is 2.52. The summed E-state index contributed by atoms with van der Waals surface area (Å²) in [6.07, 6.45) is 7.69. The van der Waals surface area contributed by atoms with Crippen molar-refractivity contribution in [3.63, 3.8) is 0 Å². The van der Waals surface area contributed by atoms with E-state index in [0.717, 1.165) is 23.1 Å². The van der Waals surface area contributed by atoms with E-state index in [1.807, 2.05) is 0 Å². The van der Waals surface area contributed by atoms with Crippen LogP contribution in [0.1, 0.15) is 32.1 Å². The van der Waals surface area contributed by atoms with E-state index in [9.17, 15) is 0 Å². The molecule has 0 aromatic carbocycles. The number of ether oxygens (including phenoxy) is 3. The van der Waals surface area contributed by atoms with E-state index in [2.05, 4.69) is 11.8 Å². The van der Waals surface area contributed by atoms with Crippen molar-refractivity contribution in [1.82, 2.24) is 0 Å². The fraction of sp³-hybridized carbons (Fsp3) is 0.818. The van der Waals surface area contributed by atoms with Gasteiger partial charge in [-0.15, -0.1) is 5.70 Å². The maximum absolute atomic E-state index is 5.21. The molecule has 0 heterocycles. The molecule has 0 N–H and O–H groups in total. The van der Waals surface area contributed by atoms with Crippen LogP contribution in [-0.4, -0.2) is 37.5 Å². The molecule has 15 heavy (non-hydrogen) atoms. The van der Waals surface area contributed by atoms with Gasteiger partial charge in [0.2, 0.25) is 0 Å². The third-order valence-corrected chi connectivity index (χ3v) is 2.99. The summed E-state index contributed by atoms with van der Waals surface area (Å²) in [5, 5.41) is 0. The van der Waals surface area contributed by atoms with Crippen LogP contribution < -0.4 is 0 Å². The molecule has 0 saturated heterocycles. The minimum absolute atomic E-state index is 0.779. The highest BCUT2D eigenvalue weighted by Gasteiger charge is 2.28. The van der Waals surface area contributed by atoms with E-state index in [4.69, 9.17) is 14.2 Å². The first-order valence-corrected chi connectivity index (χ1v) is 6.66. The molecule has 0 spiro atoms. The predicted molar refractivity (Wildman–Crippen MR) is 65.9 cm³/mol. The zero-order chi connectivity index (χ0) is 11.6. The lowest BCUT2D eigenvalue weighted by Gasteiger charge is -2.28. The summed E-state index contributed by atoms with van der Waals surface area (Å²) in [5.74, 6) is -0.840. The standard InChI is InChI=1S/C11H24O3Si/c1-12-11(13-2,14-3)9-7-5-4-6-8-10-15/h8,10H,4-7,9H2,1-3,15H3. The highest BCUT2D eigenvalue weighted by atomic mass is 28.1. The molecule has 0 bridgehead atoms. The summed E-state index contributed by atoms with van der Waals surface area (Å²) in [5.41, 5.74) is 2.23. The van der Waals surface area contributed by atoms with Crippen LogP contribution in [0.2, 0.25) is 0 Å². The average molecular weight is 232 g/mol. The van der Waals surface area contributed by atoms with E-state index < -0.39 is 5.97 Å². The van der Waals surface area contributed by atoms with Gasteiger partial charge in [-0.1, -0.05) is 12.5 Å². The van der Waals surface area contributed by atoms with E-state index in [1.54, 1.807) is 21.3 Å². The van der Waals surface area contributed by atoms with Gasteiger partial charge in [-0.3, -0.25) is 0 Å². The normalized spacial score (nSPS) is 12.7. The van der Waals surface area contributed by atoms with E-state index in [-0.39, 0.29) is 0 Å². The summed E-state index contributed by atoms with van der Waals surface area (Å²) in [7, 11) is 5.99. The number of rotatable bonds is 9. The van der Waals surface area contributed by atoms with Gasteiger partial charge in [0.05, 0.1) is 0 Å². The van der Waals surface area contributed by atoms with E-state index in [0.29, 0.717) is 0 Å². The summed E-state index contributed by atoms with van der Waals surface area (Å²) in [6, 6.07) is 0. The molecule has 0 atom stereocenters. The van der Waals surface area contributed by atoms with Gasteiger partial charge in [0.15, 0.2) is 0 Å². The van der Waals surface area contributed by atoms with Gasteiger partial charge in [-0.05, 0) is 19.3 Å². The van der Waals surface area contributed by atoms with Crippen molar-refractivity contribution in [2.75, 3.05) is 21.3 Å². The van der Waals surface area contributed by atoms with Crippen molar-refractivity contribution in [2.24, 2.45) is 0 Å². The molecular formula is C11H24O3Si. The lowest BCUT2D eigenvalue weighted by Crippen LogP contribution is -2.35. The van der Waals surface area contributed by atoms with Crippen LogP contribution in [0.25, 0.3) is 0 Å². The molecular weight excluding hydrogens is 208 g/mol. The van der Waals surface area contributed by atoms with Crippen molar-refractivity contribution in [1.29, 1.82) is 0 Å². The minimum Gasteiger partial charge on any atom is -0.331 e. The highest BCUT2D eigenvalue weighted by Crippen LogP contribution is 2.20. The molecule has 0 saturated carbocycles. The van der Waals surface area contributed by atoms with Crippen LogP contribution in [0.5, 0.6) is 0 Å². The van der Waals surface area contributed by atoms with Gasteiger partial charge in [-0.2, -0.15) is 0 Å². The van der Waals surface area contributed by atoms with Crippen LogP contribution in [0.3, 0.4) is 0 Å². The van der Waals surface area contributed by atoms with Crippen LogP contribution >= 0.6 is 0 Å². The van der Waals surface area contributed by atoms with Gasteiger partial charge in [-0.25, -0.2) is 0 Å². The SMILES string of the molecule is COC(CCCCCC=C[SiH3])(OC)OC. The number of unbranched alkanes of at least 4 members (excludes halogenated alkanes) is 3. The summed E-state index contributed by atoms with van der Waals surface area (Å²) < 4.78 is 15.6. The molecule has 0 aliphatic heterocycles. The van der Waals surface area contributed by atoms with Crippen LogP contribution in [0, 0.1) is 0 Å². The quantitative estimate of drug-likeness (QED) is 0.342. The Morgan fingerprint density at radius 3 is 2.07 bits per heavy atom. The van der Waals surface area contributed by atoms with Gasteiger partial charge in [0.25, 0.3) is 5.97 Å². The number of hydrogen-bond donors (Lipinski definition) is 0. The molecule has 0 rings (SSSR count). The van der Waals surface area contributed by atoms with Crippen molar-refractivity contribution in [2.45, 2.75) is 38.1 Å². The Morgan fingerprint density at radius 1 is 1.00 bits per heavy atom. The Labute approximate surface area is 96.2 Å². The molecule has 90 valence electrons. The Morgan fingerprint density at radius 2 is 1.60 bits per heavy atom. The Hall–Kier alpha value is -0.163. The topological polar surface area (TPSA) is 27.7 Å². The second kappa shape index (κ2) is 9.09. The maximum atomic E-state index is 5.21. The summed E-state index contributed by atoms with van der Waals surface area (Å²) in [4.78, 5) is 0. The first-order valence-electron chi connectivity index (χ1n) is 5.51. The molecule has 0 unspecified atom stereocenters. The first-order chi connectivity index (χ1) is 7.24. The lowest BCUT2D eigenvalue weighted by molar-refractivity contribution is -0.355. The number of hydrogen-bond acceptors (Lipinski definition) is 3. The monoisotopic (exact) mass is 232 g/mol. The lowest BCUT2D eigenvalue weighted by atomic mass is 10.1. The largest absolute Gasteiger partial charge is 0.331 e. The highest BCUT2D eigenvalue weighted by molar-refractivity contribution is 6.16. The minimum atomic E-state index is -0.840. The molecule has 0 radical (unpaired) electrons. The van der Waals surface area contributed by atoms with Crippen LogP contribution in [0.15, 0.2) is 11.8 Å². The van der Waals surface area contributed by atoms with Gasteiger partial charge < -0.3 is 14.2 Å². The van der Waals surface area contributed by atoms with Crippen molar-refractivity contribution in [3.05, 3.63) is 11.8 Å². The fourth-order valence-electron chi connectivity index (χ4n) is 1.50. The van der Waals surface area contributed by atoms with E-state index in [1.165, 1.54) is 19.3 Å². The van der Waals surface area contributed by atoms with Crippen LogP contribution in [0.4, 0.5) is 0 Å². The molecule has 3 nitrogen and oxygen atoms in total. The molecule has 0 aromatic heterocycles. The maximum Gasteiger partial charge on any atom is 0.282 e. The second-order valence-corrected chi connectivity index (χ2v) is 4.13. The van der Waals surface area contributed by atoms with Gasteiger partial charge in [0.1, 0.15) is 0 Å². The first kappa shape index (κ1) is 14.8. The summed E-state index contributed by atoms with van der Waals surface area (Å²) in [6.45, 7) is 0. The predicted octanol–water partition coefficient (Wildman–Crippen LogP) is 1.41. The Balaban J connectivity index is 3.62. The number of allylic oxidation sites excluding steroid dienone is 1. The number of methoxy groups -OCH3 is 3. The molecule has 0 fully saturated rings. The van der Waals surface area contributed by atoms with Crippen molar-refractivity contribution < 1.29 is 14.2 Å². The Kier molecular flexibility index (Phi) is 8.99. The third kappa shape index (κ3) is 6.09. The van der Waals surface area contributed by atoms with Crippen molar-refractivity contribution in [3.8, 4) is 0 Å². The van der Waals surface area contributed by atoms with Crippen LogP contribution in [-0.2, 0) is 14.2 Å². The van der Waals surface area contributed by atoms with Crippen molar-refractivity contribution >= 4 is 10.2 Å². The molecule has 4 heteroatoms. The smallest absolute Gasteiger partial charge is 0.282 e. The van der Waals surface area contributed by atoms with Gasteiger partial charge in [0, 0.05) is 38.0 Å².